The monoisotopic (exact) mass is 435 g/mol. The average molecular weight is 436 g/mol. The summed E-state index contributed by atoms with van der Waals surface area (Å²) in [7, 11) is 3.09. The summed E-state index contributed by atoms with van der Waals surface area (Å²) in [5, 5.41) is 14.7. The van der Waals surface area contributed by atoms with Gasteiger partial charge < -0.3 is 19.5 Å². The second kappa shape index (κ2) is 7.78. The smallest absolute Gasteiger partial charge is 0.338 e. The Bertz CT molecular complexity index is 924. The van der Waals surface area contributed by atoms with Crippen LogP contribution in [0.2, 0.25) is 0 Å². The van der Waals surface area contributed by atoms with Crippen LogP contribution >= 0.6 is 15.9 Å². The molecule has 142 valence electrons. The SMILES string of the molecule is C=CCOC(=O)C1=C(C)Nc2nnnn2C1c1cc(Br)c(OC)c(OC)c1. The first-order chi connectivity index (χ1) is 13.0. The van der Waals surface area contributed by atoms with Crippen molar-refractivity contribution in [2.24, 2.45) is 0 Å². The number of halogens is 1. The van der Waals surface area contributed by atoms with E-state index in [1.165, 1.54) is 10.8 Å². The van der Waals surface area contributed by atoms with Gasteiger partial charge in [0.2, 0.25) is 5.95 Å². The molecule has 1 atom stereocenters. The highest BCUT2D eigenvalue weighted by molar-refractivity contribution is 9.10. The van der Waals surface area contributed by atoms with Crippen molar-refractivity contribution in [2.45, 2.75) is 13.0 Å². The summed E-state index contributed by atoms with van der Waals surface area (Å²) in [4.78, 5) is 12.7. The Labute approximate surface area is 164 Å². The van der Waals surface area contributed by atoms with Gasteiger partial charge in [-0.3, -0.25) is 0 Å². The van der Waals surface area contributed by atoms with E-state index < -0.39 is 12.0 Å². The van der Waals surface area contributed by atoms with Crippen LogP contribution < -0.4 is 14.8 Å². The molecular weight excluding hydrogens is 418 g/mol. The lowest BCUT2D eigenvalue weighted by Gasteiger charge is -2.28. The highest BCUT2D eigenvalue weighted by Gasteiger charge is 2.35. The first-order valence-corrected chi connectivity index (χ1v) is 8.76. The molecule has 0 bridgehead atoms. The van der Waals surface area contributed by atoms with E-state index in [0.717, 1.165) is 5.56 Å². The number of anilines is 1. The lowest BCUT2D eigenvalue weighted by molar-refractivity contribution is -0.138. The molecule has 0 saturated carbocycles. The summed E-state index contributed by atoms with van der Waals surface area (Å²) in [6.45, 7) is 5.44. The molecule has 1 aromatic heterocycles. The molecule has 3 rings (SSSR count). The van der Waals surface area contributed by atoms with Gasteiger partial charge in [0.15, 0.2) is 11.5 Å². The lowest BCUT2D eigenvalue weighted by atomic mass is 9.95. The van der Waals surface area contributed by atoms with Crippen LogP contribution in [0.5, 0.6) is 11.5 Å². The second-order valence-corrected chi connectivity index (χ2v) is 6.49. The van der Waals surface area contributed by atoms with E-state index in [4.69, 9.17) is 14.2 Å². The minimum atomic E-state index is -0.607. The molecule has 1 aliphatic heterocycles. The first-order valence-electron chi connectivity index (χ1n) is 7.96. The third-order valence-corrected chi connectivity index (χ3v) is 4.63. The number of benzene rings is 1. The predicted octanol–water partition coefficient (Wildman–Crippen LogP) is 2.47. The van der Waals surface area contributed by atoms with Crippen molar-refractivity contribution < 1.29 is 19.0 Å². The van der Waals surface area contributed by atoms with Gasteiger partial charge in [-0.1, -0.05) is 17.8 Å². The Balaban J connectivity index is 2.17. The fourth-order valence-electron chi connectivity index (χ4n) is 2.89. The van der Waals surface area contributed by atoms with E-state index in [1.54, 1.807) is 27.2 Å². The number of carbonyl (C=O) groups excluding carboxylic acids is 1. The number of carbonyl (C=O) groups is 1. The van der Waals surface area contributed by atoms with Crippen molar-refractivity contribution in [1.29, 1.82) is 0 Å². The normalized spacial score (nSPS) is 15.6. The second-order valence-electron chi connectivity index (χ2n) is 5.64. The van der Waals surface area contributed by atoms with Crippen LogP contribution in [-0.2, 0) is 9.53 Å². The number of tetrazole rings is 1. The predicted molar refractivity (Wildman–Crippen MR) is 101 cm³/mol. The fraction of sp³-hybridized carbons (Fsp3) is 0.294. The zero-order valence-corrected chi connectivity index (χ0v) is 16.6. The van der Waals surface area contributed by atoms with Crippen molar-refractivity contribution in [1.82, 2.24) is 20.2 Å². The summed E-state index contributed by atoms with van der Waals surface area (Å²) in [5.41, 5.74) is 1.71. The molecular formula is C17H18BrN5O4. The summed E-state index contributed by atoms with van der Waals surface area (Å²) >= 11 is 3.48. The van der Waals surface area contributed by atoms with Gasteiger partial charge in [-0.25, -0.2) is 4.79 Å². The third kappa shape index (κ3) is 3.39. The van der Waals surface area contributed by atoms with Crippen LogP contribution in [0.15, 0.2) is 40.5 Å². The number of nitrogens with one attached hydrogen (secondary N) is 1. The van der Waals surface area contributed by atoms with Gasteiger partial charge >= 0.3 is 5.97 Å². The molecule has 0 fully saturated rings. The number of ether oxygens (including phenoxy) is 3. The number of aromatic nitrogens is 4. The van der Waals surface area contributed by atoms with Crippen LogP contribution in [0.1, 0.15) is 18.5 Å². The van der Waals surface area contributed by atoms with Crippen molar-refractivity contribution in [2.75, 3.05) is 26.1 Å². The number of nitrogens with zero attached hydrogens (tertiary/aromatic N) is 4. The Kier molecular flexibility index (Phi) is 5.45. The minimum absolute atomic E-state index is 0.0976. The molecule has 2 heterocycles. The molecule has 2 aromatic rings. The van der Waals surface area contributed by atoms with Crippen LogP contribution in [0, 0.1) is 0 Å². The van der Waals surface area contributed by atoms with Gasteiger partial charge in [0, 0.05) is 5.70 Å². The summed E-state index contributed by atoms with van der Waals surface area (Å²) in [5.74, 6) is 0.982. The summed E-state index contributed by atoms with van der Waals surface area (Å²) in [6, 6.07) is 3.00. The zero-order chi connectivity index (χ0) is 19.6. The van der Waals surface area contributed by atoms with E-state index in [1.807, 2.05) is 6.07 Å². The molecule has 1 aromatic carbocycles. The Morgan fingerprint density at radius 2 is 2.19 bits per heavy atom. The first kappa shape index (κ1) is 18.9. The van der Waals surface area contributed by atoms with Crippen LogP contribution in [-0.4, -0.2) is 47.0 Å². The fourth-order valence-corrected chi connectivity index (χ4v) is 3.51. The molecule has 1 aliphatic rings. The zero-order valence-electron chi connectivity index (χ0n) is 15.0. The molecule has 9 nitrogen and oxygen atoms in total. The Morgan fingerprint density at radius 3 is 2.85 bits per heavy atom. The number of rotatable bonds is 6. The largest absolute Gasteiger partial charge is 0.493 e. The van der Waals surface area contributed by atoms with Gasteiger partial charge in [0.25, 0.3) is 0 Å². The minimum Gasteiger partial charge on any atom is -0.493 e. The van der Waals surface area contributed by atoms with Gasteiger partial charge in [0.05, 0.1) is 24.3 Å². The molecule has 27 heavy (non-hydrogen) atoms. The molecule has 0 radical (unpaired) electrons. The topological polar surface area (TPSA) is 100 Å². The van der Waals surface area contributed by atoms with Gasteiger partial charge in [-0.05, 0) is 51.0 Å². The number of allylic oxidation sites excluding steroid dienone is 1. The van der Waals surface area contributed by atoms with Crippen molar-refractivity contribution in [3.8, 4) is 11.5 Å². The van der Waals surface area contributed by atoms with E-state index in [0.29, 0.717) is 33.2 Å². The number of esters is 1. The Morgan fingerprint density at radius 1 is 1.41 bits per heavy atom. The molecule has 0 amide bonds. The summed E-state index contributed by atoms with van der Waals surface area (Å²) < 4.78 is 18.3. The van der Waals surface area contributed by atoms with Crippen molar-refractivity contribution >= 4 is 27.8 Å². The number of methoxy groups -OCH3 is 2. The van der Waals surface area contributed by atoms with Crippen LogP contribution in [0.4, 0.5) is 5.95 Å². The molecule has 1 unspecified atom stereocenters. The van der Waals surface area contributed by atoms with Crippen LogP contribution in [0.3, 0.4) is 0 Å². The molecule has 1 N–H and O–H groups in total. The molecule has 0 aliphatic carbocycles. The average Bonchev–Trinajstić information content (AvgIpc) is 3.12. The highest BCUT2D eigenvalue weighted by Crippen LogP contribution is 2.42. The third-order valence-electron chi connectivity index (χ3n) is 4.04. The molecule has 0 saturated heterocycles. The highest BCUT2D eigenvalue weighted by atomic mass is 79.9. The lowest BCUT2D eigenvalue weighted by Crippen LogP contribution is -2.29. The maximum Gasteiger partial charge on any atom is 0.338 e. The number of fused-ring (bicyclic) bond motifs is 1. The van der Waals surface area contributed by atoms with E-state index >= 15 is 0 Å². The number of hydrogen-bond acceptors (Lipinski definition) is 8. The van der Waals surface area contributed by atoms with Crippen molar-refractivity contribution in [3.05, 3.63) is 46.1 Å². The van der Waals surface area contributed by atoms with Crippen LogP contribution in [0.25, 0.3) is 0 Å². The van der Waals surface area contributed by atoms with Gasteiger partial charge in [-0.2, -0.15) is 4.68 Å². The molecule has 10 heteroatoms. The van der Waals surface area contributed by atoms with E-state index in [-0.39, 0.29) is 6.61 Å². The van der Waals surface area contributed by atoms with E-state index in [9.17, 15) is 4.79 Å². The van der Waals surface area contributed by atoms with Crippen molar-refractivity contribution in [3.63, 3.8) is 0 Å². The quantitative estimate of drug-likeness (QED) is 0.545. The summed E-state index contributed by atoms with van der Waals surface area (Å²) in [6.07, 6.45) is 1.51. The number of hydrogen-bond donors (Lipinski definition) is 1. The van der Waals surface area contributed by atoms with Gasteiger partial charge in [0.1, 0.15) is 12.6 Å². The van der Waals surface area contributed by atoms with E-state index in [2.05, 4.69) is 43.4 Å². The molecule has 0 spiro atoms. The maximum atomic E-state index is 12.7. The van der Waals surface area contributed by atoms with Gasteiger partial charge in [-0.15, -0.1) is 0 Å². The Hall–Kier alpha value is -2.88. The standard InChI is InChI=1S/C17H18BrN5O4/c1-5-6-27-16(24)13-9(2)19-17-20-21-22-23(17)14(13)10-7-11(18)15(26-4)12(8-10)25-3/h5,7-8,14H,1,6H2,2-4H3,(H,19,20,22). The maximum absolute atomic E-state index is 12.7.